The molecule has 2 aromatic heterocycles. The van der Waals surface area contributed by atoms with Gasteiger partial charge in [0.15, 0.2) is 5.16 Å². The lowest BCUT2D eigenvalue weighted by atomic mass is 10.2. The van der Waals surface area contributed by atoms with E-state index in [2.05, 4.69) is 4.98 Å². The topological polar surface area (TPSA) is 60.9 Å². The Kier molecular flexibility index (Phi) is 4.58. The third kappa shape index (κ3) is 3.28. The molecule has 0 aliphatic heterocycles. The zero-order valence-electron chi connectivity index (χ0n) is 15.4. The molecule has 0 aliphatic rings. The molecule has 0 N–H and O–H groups in total. The summed E-state index contributed by atoms with van der Waals surface area (Å²) in [6, 6.07) is 15.3. The maximum absolute atomic E-state index is 13.2. The molecule has 0 radical (unpaired) electrons. The number of nitrogens with zero attached hydrogens (tertiary/aromatic N) is 3. The van der Waals surface area contributed by atoms with Crippen molar-refractivity contribution in [3.05, 3.63) is 81.8 Å². The van der Waals surface area contributed by atoms with Crippen LogP contribution < -0.4 is 5.56 Å². The van der Waals surface area contributed by atoms with Gasteiger partial charge in [-0.15, -0.1) is 0 Å². The zero-order chi connectivity index (χ0) is 19.0. The lowest BCUT2D eigenvalue weighted by Crippen LogP contribution is -2.22. The van der Waals surface area contributed by atoms with Crippen molar-refractivity contribution < 1.29 is 4.42 Å². The van der Waals surface area contributed by atoms with Gasteiger partial charge in [0.1, 0.15) is 5.76 Å². The second kappa shape index (κ2) is 7.04. The van der Waals surface area contributed by atoms with Crippen molar-refractivity contribution in [1.82, 2.24) is 14.5 Å². The molecule has 6 heteroatoms. The van der Waals surface area contributed by atoms with Gasteiger partial charge in [0.25, 0.3) is 5.56 Å². The van der Waals surface area contributed by atoms with E-state index >= 15 is 0 Å². The first-order valence-electron chi connectivity index (χ1n) is 8.68. The molecule has 0 unspecified atom stereocenters. The molecule has 0 saturated carbocycles. The minimum atomic E-state index is -0.0721. The third-order valence-corrected chi connectivity index (χ3v) is 5.42. The summed E-state index contributed by atoms with van der Waals surface area (Å²) in [5.41, 5.74) is 3.35. The van der Waals surface area contributed by atoms with E-state index < -0.39 is 0 Å². The summed E-state index contributed by atoms with van der Waals surface area (Å²) in [7, 11) is 0. The monoisotopic (exact) mass is 377 g/mol. The van der Waals surface area contributed by atoms with Crippen molar-refractivity contribution in [2.24, 2.45) is 0 Å². The van der Waals surface area contributed by atoms with Crippen LogP contribution in [0.25, 0.3) is 16.6 Å². The van der Waals surface area contributed by atoms with Crippen molar-refractivity contribution in [2.45, 2.75) is 31.7 Å². The second-order valence-corrected chi connectivity index (χ2v) is 7.32. The van der Waals surface area contributed by atoms with Crippen LogP contribution in [0.1, 0.15) is 22.9 Å². The number of para-hydroxylation sites is 2. The number of fused-ring (bicyclic) bond motifs is 1. The Morgan fingerprint density at radius 2 is 1.74 bits per heavy atom. The van der Waals surface area contributed by atoms with Gasteiger partial charge in [-0.05, 0) is 44.5 Å². The lowest BCUT2D eigenvalue weighted by molar-refractivity contribution is 0.489. The molecule has 136 valence electrons. The molecule has 2 aromatic carbocycles. The molecule has 0 saturated heterocycles. The summed E-state index contributed by atoms with van der Waals surface area (Å²) in [6.45, 7) is 5.81. The Bertz CT molecular complexity index is 1170. The van der Waals surface area contributed by atoms with Gasteiger partial charge < -0.3 is 4.42 Å². The number of rotatable bonds is 4. The van der Waals surface area contributed by atoms with Crippen LogP contribution in [-0.4, -0.2) is 14.5 Å². The highest BCUT2D eigenvalue weighted by molar-refractivity contribution is 7.98. The number of hydrogen-bond donors (Lipinski definition) is 0. The summed E-state index contributed by atoms with van der Waals surface area (Å²) >= 11 is 1.45. The summed E-state index contributed by atoms with van der Waals surface area (Å²) < 4.78 is 7.36. The van der Waals surface area contributed by atoms with Crippen LogP contribution in [0.4, 0.5) is 0 Å². The fourth-order valence-electron chi connectivity index (χ4n) is 2.96. The number of benzene rings is 2. The summed E-state index contributed by atoms with van der Waals surface area (Å²) in [5.74, 6) is 1.95. The molecule has 2 heterocycles. The van der Waals surface area contributed by atoms with Crippen molar-refractivity contribution in [2.75, 3.05) is 0 Å². The third-order valence-electron chi connectivity index (χ3n) is 4.50. The predicted molar refractivity (Wildman–Crippen MR) is 108 cm³/mol. The summed E-state index contributed by atoms with van der Waals surface area (Å²) in [6.07, 6.45) is 0. The first kappa shape index (κ1) is 17.5. The van der Waals surface area contributed by atoms with Crippen molar-refractivity contribution in [3.63, 3.8) is 0 Å². The van der Waals surface area contributed by atoms with Gasteiger partial charge >= 0.3 is 0 Å². The number of oxazole rings is 1. The Labute approximate surface area is 161 Å². The fourth-order valence-corrected chi connectivity index (χ4v) is 3.81. The van der Waals surface area contributed by atoms with E-state index in [1.54, 1.807) is 4.57 Å². The molecule has 4 aromatic rings. The highest BCUT2D eigenvalue weighted by Gasteiger charge is 2.16. The fraction of sp³-hybridized carbons (Fsp3) is 0.190. The molecule has 0 fully saturated rings. The first-order valence-corrected chi connectivity index (χ1v) is 9.66. The SMILES string of the molecule is Cc1ccccc1-n1c(SCc2nc(C)c(C)o2)nc2ccccc2c1=O. The van der Waals surface area contributed by atoms with Crippen LogP contribution in [0.5, 0.6) is 0 Å². The maximum atomic E-state index is 13.2. The van der Waals surface area contributed by atoms with Crippen LogP contribution in [0.3, 0.4) is 0 Å². The quantitative estimate of drug-likeness (QED) is 0.384. The Balaban J connectivity index is 1.86. The van der Waals surface area contributed by atoms with Gasteiger partial charge in [-0.2, -0.15) is 0 Å². The molecule has 0 bridgehead atoms. The van der Waals surface area contributed by atoms with Crippen LogP contribution in [0.15, 0.2) is 62.9 Å². The molecule has 0 amide bonds. The van der Waals surface area contributed by atoms with E-state index in [0.717, 1.165) is 22.7 Å². The van der Waals surface area contributed by atoms with Gasteiger partial charge in [0.2, 0.25) is 5.89 Å². The van der Waals surface area contributed by atoms with E-state index in [0.29, 0.717) is 27.7 Å². The second-order valence-electron chi connectivity index (χ2n) is 6.38. The minimum absolute atomic E-state index is 0.0721. The maximum Gasteiger partial charge on any atom is 0.266 e. The van der Waals surface area contributed by atoms with E-state index in [1.807, 2.05) is 69.3 Å². The lowest BCUT2D eigenvalue weighted by Gasteiger charge is -2.14. The molecular formula is C21H19N3O2S. The standard InChI is InChI=1S/C21H19N3O2S/c1-13-8-4-7-11-18(13)24-20(25)16-9-5-6-10-17(16)23-21(24)27-12-19-22-14(2)15(3)26-19/h4-11H,12H2,1-3H3. The minimum Gasteiger partial charge on any atom is -0.445 e. The van der Waals surface area contributed by atoms with Gasteiger partial charge in [0, 0.05) is 0 Å². The molecule has 0 spiro atoms. The van der Waals surface area contributed by atoms with Gasteiger partial charge in [-0.25, -0.2) is 9.97 Å². The molecule has 5 nitrogen and oxygen atoms in total. The van der Waals surface area contributed by atoms with Crippen LogP contribution in [0, 0.1) is 20.8 Å². The average Bonchev–Trinajstić information content (AvgIpc) is 2.99. The van der Waals surface area contributed by atoms with Crippen molar-refractivity contribution in [3.8, 4) is 5.69 Å². The van der Waals surface area contributed by atoms with Crippen LogP contribution >= 0.6 is 11.8 Å². The number of aryl methyl sites for hydroxylation is 3. The van der Waals surface area contributed by atoms with E-state index in [4.69, 9.17) is 9.40 Å². The predicted octanol–water partition coefficient (Wildman–Crippen LogP) is 4.59. The Morgan fingerprint density at radius 1 is 1.00 bits per heavy atom. The Hall–Kier alpha value is -2.86. The highest BCUT2D eigenvalue weighted by Crippen LogP contribution is 2.26. The van der Waals surface area contributed by atoms with Crippen LogP contribution in [0.2, 0.25) is 0 Å². The molecule has 27 heavy (non-hydrogen) atoms. The molecule has 0 aliphatic carbocycles. The van der Waals surface area contributed by atoms with Gasteiger partial charge in [-0.3, -0.25) is 9.36 Å². The smallest absolute Gasteiger partial charge is 0.266 e. The van der Waals surface area contributed by atoms with Crippen molar-refractivity contribution >= 4 is 22.7 Å². The largest absolute Gasteiger partial charge is 0.445 e. The molecule has 0 atom stereocenters. The normalized spacial score (nSPS) is 11.2. The molecule has 4 rings (SSSR count). The zero-order valence-corrected chi connectivity index (χ0v) is 16.2. The first-order chi connectivity index (χ1) is 13.0. The van der Waals surface area contributed by atoms with Crippen molar-refractivity contribution in [1.29, 1.82) is 0 Å². The van der Waals surface area contributed by atoms with E-state index in [-0.39, 0.29) is 5.56 Å². The van der Waals surface area contributed by atoms with E-state index in [9.17, 15) is 4.79 Å². The van der Waals surface area contributed by atoms with Gasteiger partial charge in [0.05, 0.1) is 28.0 Å². The number of aromatic nitrogens is 3. The van der Waals surface area contributed by atoms with E-state index in [1.165, 1.54) is 11.8 Å². The Morgan fingerprint density at radius 3 is 2.48 bits per heavy atom. The van der Waals surface area contributed by atoms with Crippen LogP contribution in [-0.2, 0) is 5.75 Å². The number of hydrogen-bond acceptors (Lipinski definition) is 5. The van der Waals surface area contributed by atoms with Gasteiger partial charge in [-0.1, -0.05) is 42.1 Å². The number of thioether (sulfide) groups is 1. The molecular weight excluding hydrogens is 358 g/mol. The average molecular weight is 377 g/mol. The highest BCUT2D eigenvalue weighted by atomic mass is 32.2. The summed E-state index contributed by atoms with van der Waals surface area (Å²) in [5, 5.41) is 1.23. The summed E-state index contributed by atoms with van der Waals surface area (Å²) in [4.78, 5) is 22.4.